The summed E-state index contributed by atoms with van der Waals surface area (Å²) in [5.74, 6) is 0.347. The highest BCUT2D eigenvalue weighted by Gasteiger charge is 2.23. The van der Waals surface area contributed by atoms with E-state index in [1.165, 1.54) is 7.11 Å². The lowest BCUT2D eigenvalue weighted by molar-refractivity contribution is 0.0295. The smallest absolute Gasteiger partial charge is 0.373 e. The minimum Gasteiger partial charge on any atom is -0.463 e. The normalized spacial score (nSPS) is 13.3. The highest BCUT2D eigenvalue weighted by molar-refractivity contribution is 5.86. The van der Waals surface area contributed by atoms with E-state index < -0.39 is 11.6 Å². The minimum atomic E-state index is -0.702. The monoisotopic (exact) mass is 269 g/mol. The van der Waals surface area contributed by atoms with Gasteiger partial charge >= 0.3 is 5.97 Å². The quantitative estimate of drug-likeness (QED) is 0.743. The molecule has 0 bridgehead atoms. The van der Waals surface area contributed by atoms with Gasteiger partial charge in [0, 0.05) is 6.54 Å². The van der Waals surface area contributed by atoms with E-state index in [9.17, 15) is 9.90 Å². The Kier molecular flexibility index (Phi) is 5.57. The van der Waals surface area contributed by atoms with Crippen LogP contribution in [-0.2, 0) is 4.74 Å². The van der Waals surface area contributed by atoms with Gasteiger partial charge in [-0.05, 0) is 31.9 Å². The summed E-state index contributed by atoms with van der Waals surface area (Å²) in [6.07, 6.45) is 1.38. The molecule has 19 heavy (non-hydrogen) atoms. The molecule has 0 saturated heterocycles. The molecule has 5 heteroatoms. The van der Waals surface area contributed by atoms with Gasteiger partial charge in [-0.1, -0.05) is 13.8 Å². The molecule has 2 N–H and O–H groups in total. The molecule has 1 heterocycles. The summed E-state index contributed by atoms with van der Waals surface area (Å²) in [7, 11) is 1.31. The van der Waals surface area contributed by atoms with Gasteiger partial charge in [0.2, 0.25) is 5.76 Å². The molecule has 0 fully saturated rings. The molecule has 1 aromatic rings. The highest BCUT2D eigenvalue weighted by atomic mass is 16.5. The molecule has 108 valence electrons. The number of methoxy groups -OCH3 is 1. The Morgan fingerprint density at radius 1 is 1.47 bits per heavy atom. The Morgan fingerprint density at radius 2 is 2.11 bits per heavy atom. The van der Waals surface area contributed by atoms with Crippen LogP contribution in [-0.4, -0.2) is 30.3 Å². The third-order valence-corrected chi connectivity index (χ3v) is 3.49. The molecule has 0 aliphatic rings. The zero-order chi connectivity index (χ0) is 14.5. The predicted octanol–water partition coefficient (Wildman–Crippen LogP) is 2.27. The number of carbonyl (C=O) groups is 1. The zero-order valence-electron chi connectivity index (χ0n) is 12.0. The van der Waals surface area contributed by atoms with Gasteiger partial charge in [0.15, 0.2) is 0 Å². The molecule has 1 atom stereocenters. The average molecular weight is 269 g/mol. The lowest BCUT2D eigenvalue weighted by Gasteiger charge is -2.27. The summed E-state index contributed by atoms with van der Waals surface area (Å²) in [4.78, 5) is 11.3. The van der Waals surface area contributed by atoms with Crippen LogP contribution < -0.4 is 5.32 Å². The maximum atomic E-state index is 11.3. The summed E-state index contributed by atoms with van der Waals surface area (Å²) in [5.41, 5.74) is -0.702. The maximum absolute atomic E-state index is 11.3. The molecule has 1 unspecified atom stereocenters. The van der Waals surface area contributed by atoms with Crippen LogP contribution >= 0.6 is 0 Å². The first kappa shape index (κ1) is 15.7. The van der Waals surface area contributed by atoms with Crippen LogP contribution in [0.15, 0.2) is 16.5 Å². The molecule has 1 aromatic heterocycles. The third-order valence-electron chi connectivity index (χ3n) is 3.49. The number of esters is 1. The van der Waals surface area contributed by atoms with Crippen molar-refractivity contribution in [3.63, 3.8) is 0 Å². The number of hydrogen-bond acceptors (Lipinski definition) is 5. The third kappa shape index (κ3) is 4.08. The number of carbonyl (C=O) groups excluding carboxylic acids is 1. The molecular weight excluding hydrogens is 246 g/mol. The number of nitrogens with one attached hydrogen (secondary N) is 1. The topological polar surface area (TPSA) is 71.7 Å². The van der Waals surface area contributed by atoms with Crippen molar-refractivity contribution in [3.8, 4) is 0 Å². The van der Waals surface area contributed by atoms with Crippen LogP contribution in [0.4, 0.5) is 0 Å². The van der Waals surface area contributed by atoms with Gasteiger partial charge in [0.25, 0.3) is 0 Å². The number of ether oxygens (including phenoxy) is 1. The van der Waals surface area contributed by atoms with E-state index in [0.29, 0.717) is 25.1 Å². The van der Waals surface area contributed by atoms with Gasteiger partial charge in [-0.2, -0.15) is 0 Å². The van der Waals surface area contributed by atoms with Crippen molar-refractivity contribution in [1.82, 2.24) is 5.32 Å². The first-order valence-corrected chi connectivity index (χ1v) is 6.59. The Bertz CT molecular complexity index is 409. The Labute approximate surface area is 113 Å². The number of furan rings is 1. The second kappa shape index (κ2) is 6.73. The minimum absolute atomic E-state index is 0.0805. The molecule has 0 aliphatic heterocycles. The van der Waals surface area contributed by atoms with Crippen molar-refractivity contribution >= 4 is 5.97 Å². The van der Waals surface area contributed by atoms with E-state index in [0.717, 1.165) is 0 Å². The van der Waals surface area contributed by atoms with Crippen molar-refractivity contribution < 1.29 is 19.1 Å². The molecule has 0 radical (unpaired) electrons. The summed E-state index contributed by atoms with van der Waals surface area (Å²) in [6.45, 7) is 6.32. The van der Waals surface area contributed by atoms with Crippen LogP contribution in [0.3, 0.4) is 0 Å². The van der Waals surface area contributed by atoms with E-state index in [1.807, 2.05) is 20.8 Å². The van der Waals surface area contributed by atoms with Gasteiger partial charge in [-0.25, -0.2) is 4.79 Å². The maximum Gasteiger partial charge on any atom is 0.373 e. The summed E-state index contributed by atoms with van der Waals surface area (Å²) in [6, 6.07) is 3.24. The van der Waals surface area contributed by atoms with E-state index in [-0.39, 0.29) is 11.8 Å². The van der Waals surface area contributed by atoms with Crippen LogP contribution in [0.5, 0.6) is 0 Å². The lowest BCUT2D eigenvalue weighted by Crippen LogP contribution is -2.40. The zero-order valence-corrected chi connectivity index (χ0v) is 12.0. The Hall–Kier alpha value is -1.33. The largest absolute Gasteiger partial charge is 0.463 e. The molecule has 0 amide bonds. The molecule has 0 spiro atoms. The van der Waals surface area contributed by atoms with Gasteiger partial charge < -0.3 is 19.6 Å². The van der Waals surface area contributed by atoms with Crippen LogP contribution in [0.25, 0.3) is 0 Å². The first-order valence-electron chi connectivity index (χ1n) is 6.59. The van der Waals surface area contributed by atoms with Gasteiger partial charge in [-0.3, -0.25) is 0 Å². The molecule has 1 rings (SSSR count). The summed E-state index contributed by atoms with van der Waals surface area (Å²) < 4.78 is 10.00. The second-order valence-electron chi connectivity index (χ2n) is 4.73. The predicted molar refractivity (Wildman–Crippen MR) is 72.0 cm³/mol. The standard InChI is InChI=1S/C14H23NO4/c1-5-14(17,6-2)9-15-10(3)11-7-8-12(19-11)13(16)18-4/h7-8,10,15,17H,5-6,9H2,1-4H3. The fraction of sp³-hybridized carbons (Fsp3) is 0.643. The molecule has 0 aliphatic carbocycles. The van der Waals surface area contributed by atoms with E-state index in [2.05, 4.69) is 10.1 Å². The number of hydrogen-bond donors (Lipinski definition) is 2. The molecule has 5 nitrogen and oxygen atoms in total. The summed E-state index contributed by atoms with van der Waals surface area (Å²) in [5, 5.41) is 13.4. The van der Waals surface area contributed by atoms with Crippen molar-refractivity contribution in [1.29, 1.82) is 0 Å². The van der Waals surface area contributed by atoms with E-state index >= 15 is 0 Å². The molecule has 0 saturated carbocycles. The van der Waals surface area contributed by atoms with Gasteiger partial charge in [0.05, 0.1) is 18.8 Å². The van der Waals surface area contributed by atoms with Gasteiger partial charge in [0.1, 0.15) is 5.76 Å². The van der Waals surface area contributed by atoms with Crippen LogP contribution in [0, 0.1) is 0 Å². The number of aliphatic hydroxyl groups is 1. The Morgan fingerprint density at radius 3 is 2.63 bits per heavy atom. The van der Waals surface area contributed by atoms with Gasteiger partial charge in [-0.15, -0.1) is 0 Å². The first-order chi connectivity index (χ1) is 8.95. The SMILES string of the molecule is CCC(O)(CC)CNC(C)c1ccc(C(=O)OC)o1. The number of rotatable bonds is 7. The van der Waals surface area contributed by atoms with E-state index in [1.54, 1.807) is 12.1 Å². The van der Waals surface area contributed by atoms with Crippen molar-refractivity contribution in [3.05, 3.63) is 23.7 Å². The molecular formula is C14H23NO4. The highest BCUT2D eigenvalue weighted by Crippen LogP contribution is 2.19. The molecule has 0 aromatic carbocycles. The van der Waals surface area contributed by atoms with Crippen LogP contribution in [0.1, 0.15) is 56.0 Å². The van der Waals surface area contributed by atoms with Crippen molar-refractivity contribution in [2.45, 2.75) is 45.3 Å². The second-order valence-corrected chi connectivity index (χ2v) is 4.73. The Balaban J connectivity index is 2.61. The fourth-order valence-electron chi connectivity index (χ4n) is 1.74. The van der Waals surface area contributed by atoms with E-state index in [4.69, 9.17) is 4.42 Å². The average Bonchev–Trinajstić information content (AvgIpc) is 2.93. The van der Waals surface area contributed by atoms with Crippen molar-refractivity contribution in [2.24, 2.45) is 0 Å². The van der Waals surface area contributed by atoms with Crippen LogP contribution in [0.2, 0.25) is 0 Å². The van der Waals surface area contributed by atoms with Crippen molar-refractivity contribution in [2.75, 3.05) is 13.7 Å². The summed E-state index contributed by atoms with van der Waals surface area (Å²) >= 11 is 0. The lowest BCUT2D eigenvalue weighted by atomic mass is 9.97. The fourth-order valence-corrected chi connectivity index (χ4v) is 1.74.